The Kier molecular flexibility index (Phi) is 5.78. The summed E-state index contributed by atoms with van der Waals surface area (Å²) in [6.07, 6.45) is 2.33. The average Bonchev–Trinajstić information content (AvgIpc) is 2.55. The summed E-state index contributed by atoms with van der Waals surface area (Å²) in [5.74, 6) is 0.919. The number of aromatic hydroxyl groups is 1. The number of phenols is 1. The van der Waals surface area contributed by atoms with Crippen molar-refractivity contribution in [1.82, 2.24) is 9.88 Å². The predicted molar refractivity (Wildman–Crippen MR) is 89.1 cm³/mol. The first-order chi connectivity index (χ1) is 10.6. The van der Waals surface area contributed by atoms with Gasteiger partial charge in [0.05, 0.1) is 12.8 Å². The van der Waals surface area contributed by atoms with Gasteiger partial charge in [0, 0.05) is 23.7 Å². The van der Waals surface area contributed by atoms with Crippen molar-refractivity contribution in [2.75, 3.05) is 20.7 Å². The van der Waals surface area contributed by atoms with Gasteiger partial charge in [0.2, 0.25) is 5.88 Å². The second-order valence-corrected chi connectivity index (χ2v) is 5.50. The predicted octanol–water partition coefficient (Wildman–Crippen LogP) is 3.69. The molecule has 118 valence electrons. The number of ether oxygens (including phenoxy) is 1. The molecule has 0 fully saturated rings. The van der Waals surface area contributed by atoms with E-state index in [2.05, 4.69) is 23.9 Å². The minimum absolute atomic E-state index is 0.329. The Balaban J connectivity index is 2.22. The van der Waals surface area contributed by atoms with Crippen LogP contribution in [0.5, 0.6) is 11.6 Å². The van der Waals surface area contributed by atoms with Gasteiger partial charge in [-0.3, -0.25) is 0 Å². The molecule has 0 amide bonds. The molecule has 1 aromatic carbocycles. The Morgan fingerprint density at radius 1 is 1.23 bits per heavy atom. The van der Waals surface area contributed by atoms with Crippen molar-refractivity contribution in [3.05, 3.63) is 42.0 Å². The van der Waals surface area contributed by atoms with Crippen LogP contribution in [0.15, 0.2) is 36.4 Å². The molecule has 0 saturated carbocycles. The van der Waals surface area contributed by atoms with E-state index in [9.17, 15) is 5.11 Å². The average molecular weight is 300 g/mol. The summed E-state index contributed by atoms with van der Waals surface area (Å²) in [6.45, 7) is 3.93. The van der Waals surface area contributed by atoms with Gasteiger partial charge >= 0.3 is 0 Å². The van der Waals surface area contributed by atoms with Crippen LogP contribution in [0.1, 0.15) is 25.3 Å². The van der Waals surface area contributed by atoms with Crippen LogP contribution in [0.2, 0.25) is 0 Å². The lowest BCUT2D eigenvalue weighted by Gasteiger charge is -2.17. The van der Waals surface area contributed by atoms with Gasteiger partial charge in [0.25, 0.3) is 0 Å². The SMILES string of the molecule is CCCCN(C)Cc1cc(-c2cccc(OC)n2)ccc1O. The lowest BCUT2D eigenvalue weighted by Crippen LogP contribution is -2.19. The van der Waals surface area contributed by atoms with Crippen LogP contribution in [0.25, 0.3) is 11.3 Å². The maximum Gasteiger partial charge on any atom is 0.213 e. The van der Waals surface area contributed by atoms with Crippen molar-refractivity contribution in [1.29, 1.82) is 0 Å². The molecule has 0 spiro atoms. The molecule has 1 aromatic heterocycles. The fourth-order valence-electron chi connectivity index (χ4n) is 2.36. The van der Waals surface area contributed by atoms with Gasteiger partial charge in [-0.2, -0.15) is 0 Å². The van der Waals surface area contributed by atoms with Crippen LogP contribution in [0, 0.1) is 0 Å². The lowest BCUT2D eigenvalue weighted by atomic mass is 10.1. The minimum Gasteiger partial charge on any atom is -0.508 e. The van der Waals surface area contributed by atoms with Crippen LogP contribution < -0.4 is 4.74 Å². The van der Waals surface area contributed by atoms with Crippen molar-refractivity contribution < 1.29 is 9.84 Å². The molecule has 0 radical (unpaired) electrons. The first-order valence-electron chi connectivity index (χ1n) is 7.66. The highest BCUT2D eigenvalue weighted by Gasteiger charge is 2.09. The molecular formula is C18H24N2O2. The van der Waals surface area contributed by atoms with Crippen LogP contribution in [0.3, 0.4) is 0 Å². The standard InChI is InChI=1S/C18H24N2O2/c1-4-5-11-20(2)13-15-12-14(9-10-17(15)21)16-7-6-8-18(19-16)22-3/h6-10,12,21H,4-5,11,13H2,1-3H3. The van der Waals surface area contributed by atoms with Crippen molar-refractivity contribution in [3.63, 3.8) is 0 Å². The van der Waals surface area contributed by atoms with Crippen molar-refractivity contribution in [2.45, 2.75) is 26.3 Å². The number of nitrogens with zero attached hydrogens (tertiary/aromatic N) is 2. The third-order valence-electron chi connectivity index (χ3n) is 3.64. The van der Waals surface area contributed by atoms with E-state index in [-0.39, 0.29) is 0 Å². The number of hydrogen-bond donors (Lipinski definition) is 1. The summed E-state index contributed by atoms with van der Waals surface area (Å²) >= 11 is 0. The van der Waals surface area contributed by atoms with Crippen molar-refractivity contribution in [3.8, 4) is 22.9 Å². The quantitative estimate of drug-likeness (QED) is 0.847. The lowest BCUT2D eigenvalue weighted by molar-refractivity contribution is 0.314. The van der Waals surface area contributed by atoms with Gasteiger partial charge in [0.15, 0.2) is 0 Å². The molecule has 1 N–H and O–H groups in total. The van der Waals surface area contributed by atoms with Crippen LogP contribution in [-0.2, 0) is 6.54 Å². The highest BCUT2D eigenvalue weighted by molar-refractivity contribution is 5.62. The maximum absolute atomic E-state index is 10.1. The number of phenolic OH excluding ortho intramolecular Hbond substituents is 1. The number of methoxy groups -OCH3 is 1. The zero-order valence-electron chi connectivity index (χ0n) is 13.5. The Labute approximate surface area is 132 Å². The highest BCUT2D eigenvalue weighted by atomic mass is 16.5. The molecule has 22 heavy (non-hydrogen) atoms. The number of unbranched alkanes of at least 4 members (excludes halogenated alkanes) is 1. The number of pyridine rings is 1. The molecule has 2 rings (SSSR count). The normalized spacial score (nSPS) is 10.9. The molecule has 1 heterocycles. The van der Waals surface area contributed by atoms with E-state index in [1.54, 1.807) is 13.2 Å². The first-order valence-corrected chi connectivity index (χ1v) is 7.66. The van der Waals surface area contributed by atoms with Crippen LogP contribution in [-0.4, -0.2) is 35.7 Å². The second-order valence-electron chi connectivity index (χ2n) is 5.50. The second kappa shape index (κ2) is 7.80. The summed E-state index contributed by atoms with van der Waals surface area (Å²) in [5.41, 5.74) is 2.74. The summed E-state index contributed by atoms with van der Waals surface area (Å²) in [7, 11) is 3.68. The fraction of sp³-hybridized carbons (Fsp3) is 0.389. The summed E-state index contributed by atoms with van der Waals surface area (Å²) in [5, 5.41) is 10.1. The molecule has 4 heteroatoms. The Morgan fingerprint density at radius 3 is 2.77 bits per heavy atom. The third-order valence-corrected chi connectivity index (χ3v) is 3.64. The van der Waals surface area contributed by atoms with Gasteiger partial charge < -0.3 is 14.7 Å². The van der Waals surface area contributed by atoms with E-state index in [4.69, 9.17) is 4.74 Å². The molecule has 0 unspecified atom stereocenters. The largest absolute Gasteiger partial charge is 0.508 e. The molecule has 2 aromatic rings. The minimum atomic E-state index is 0.329. The van der Waals surface area contributed by atoms with Gasteiger partial charge in [-0.05, 0) is 44.3 Å². The smallest absolute Gasteiger partial charge is 0.213 e. The zero-order chi connectivity index (χ0) is 15.9. The molecule has 0 aliphatic heterocycles. The van der Waals surface area contributed by atoms with Crippen molar-refractivity contribution in [2.24, 2.45) is 0 Å². The van der Waals surface area contributed by atoms with Gasteiger partial charge in [-0.25, -0.2) is 4.98 Å². The summed E-state index contributed by atoms with van der Waals surface area (Å²) < 4.78 is 5.17. The number of hydrogen-bond acceptors (Lipinski definition) is 4. The third kappa shape index (κ3) is 4.21. The van der Waals surface area contributed by atoms with Gasteiger partial charge in [0.1, 0.15) is 5.75 Å². The highest BCUT2D eigenvalue weighted by Crippen LogP contribution is 2.26. The molecule has 0 aliphatic carbocycles. The Hall–Kier alpha value is -2.07. The molecular weight excluding hydrogens is 276 g/mol. The Morgan fingerprint density at radius 2 is 2.05 bits per heavy atom. The van der Waals surface area contributed by atoms with E-state index in [1.807, 2.05) is 30.3 Å². The van der Waals surface area contributed by atoms with E-state index in [0.29, 0.717) is 11.6 Å². The molecule has 0 bridgehead atoms. The molecule has 0 atom stereocenters. The molecule has 0 aliphatic rings. The summed E-state index contributed by atoms with van der Waals surface area (Å²) in [6, 6.07) is 11.3. The number of rotatable bonds is 7. The van der Waals surface area contributed by atoms with Crippen LogP contribution >= 0.6 is 0 Å². The van der Waals surface area contributed by atoms with Crippen molar-refractivity contribution >= 4 is 0 Å². The van der Waals surface area contributed by atoms with E-state index < -0.39 is 0 Å². The maximum atomic E-state index is 10.1. The van der Waals surface area contributed by atoms with E-state index in [0.717, 1.165) is 36.3 Å². The number of aromatic nitrogens is 1. The molecule has 4 nitrogen and oxygen atoms in total. The number of benzene rings is 1. The molecule has 0 saturated heterocycles. The monoisotopic (exact) mass is 300 g/mol. The zero-order valence-corrected chi connectivity index (χ0v) is 13.5. The van der Waals surface area contributed by atoms with Crippen LogP contribution in [0.4, 0.5) is 0 Å². The topological polar surface area (TPSA) is 45.6 Å². The summed E-state index contributed by atoms with van der Waals surface area (Å²) in [4.78, 5) is 6.67. The fourth-order valence-corrected chi connectivity index (χ4v) is 2.36. The van der Waals surface area contributed by atoms with Gasteiger partial charge in [-0.15, -0.1) is 0 Å². The first kappa shape index (κ1) is 16.3. The van der Waals surface area contributed by atoms with E-state index in [1.165, 1.54) is 6.42 Å². The van der Waals surface area contributed by atoms with Gasteiger partial charge in [-0.1, -0.05) is 19.4 Å². The Bertz CT molecular complexity index is 614. The van der Waals surface area contributed by atoms with E-state index >= 15 is 0 Å².